The molecular formula is C21H37IN4O2. The minimum absolute atomic E-state index is 0. The van der Waals surface area contributed by atoms with Gasteiger partial charge in [0.15, 0.2) is 5.96 Å². The fraction of sp³-hybridized carbons (Fsp3) is 0.714. The molecule has 0 aromatic carbocycles. The number of aromatic nitrogens is 1. The second kappa shape index (κ2) is 14.0. The number of nitrogens with one attached hydrogen (secondary N) is 2. The smallest absolute Gasteiger partial charge is 0.213 e. The number of guanidine groups is 1. The molecule has 0 saturated heterocycles. The number of pyridine rings is 1. The lowest BCUT2D eigenvalue weighted by molar-refractivity contribution is 0.131. The minimum Gasteiger partial charge on any atom is -0.478 e. The van der Waals surface area contributed by atoms with Gasteiger partial charge in [-0.15, -0.1) is 24.0 Å². The molecule has 0 radical (unpaired) electrons. The maximum atomic E-state index is 9.49. The quantitative estimate of drug-likeness (QED) is 0.256. The number of hydrogen-bond donors (Lipinski definition) is 3. The summed E-state index contributed by atoms with van der Waals surface area (Å²) in [6.45, 7) is 7.35. The summed E-state index contributed by atoms with van der Waals surface area (Å²) in [5.74, 6) is 1.49. The first-order valence-corrected chi connectivity index (χ1v) is 10.4. The highest BCUT2D eigenvalue weighted by Crippen LogP contribution is 2.38. The molecule has 3 N–H and O–H groups in total. The van der Waals surface area contributed by atoms with Crippen molar-refractivity contribution in [2.75, 3.05) is 26.3 Å². The number of nitrogens with zero attached hydrogens (tertiary/aromatic N) is 2. The molecule has 1 aromatic heterocycles. The van der Waals surface area contributed by atoms with Gasteiger partial charge in [-0.05, 0) is 43.6 Å². The first-order valence-electron chi connectivity index (χ1n) is 10.4. The second-order valence-corrected chi connectivity index (χ2v) is 7.44. The topological polar surface area (TPSA) is 78.8 Å². The molecule has 0 unspecified atom stereocenters. The standard InChI is InChI=1S/C21H36N4O2.HI/c1-3-14-27-19-9-8-18(15-23-19)16-24-20(22-4-2)25-17-21(12-13-26)10-6-5-7-11-21;/h8-9,15,26H,3-7,10-14,16-17H2,1-2H3,(H2,22,24,25);1H. The van der Waals surface area contributed by atoms with Gasteiger partial charge < -0.3 is 20.5 Å². The van der Waals surface area contributed by atoms with Gasteiger partial charge in [-0.25, -0.2) is 9.98 Å². The largest absolute Gasteiger partial charge is 0.478 e. The summed E-state index contributed by atoms with van der Waals surface area (Å²) in [6, 6.07) is 3.92. The lowest BCUT2D eigenvalue weighted by atomic mass is 9.72. The van der Waals surface area contributed by atoms with Crippen LogP contribution in [0.15, 0.2) is 23.3 Å². The van der Waals surface area contributed by atoms with Gasteiger partial charge in [-0.1, -0.05) is 32.3 Å². The van der Waals surface area contributed by atoms with Crippen LogP contribution < -0.4 is 15.4 Å². The number of ether oxygens (including phenoxy) is 1. The summed E-state index contributed by atoms with van der Waals surface area (Å²) < 4.78 is 5.52. The van der Waals surface area contributed by atoms with Crippen LogP contribution in [0.2, 0.25) is 0 Å². The van der Waals surface area contributed by atoms with E-state index in [1.165, 1.54) is 32.1 Å². The van der Waals surface area contributed by atoms with Gasteiger partial charge in [0.05, 0.1) is 13.2 Å². The molecule has 0 aliphatic heterocycles. The zero-order valence-electron chi connectivity index (χ0n) is 17.4. The van der Waals surface area contributed by atoms with E-state index in [9.17, 15) is 5.11 Å². The monoisotopic (exact) mass is 504 g/mol. The van der Waals surface area contributed by atoms with E-state index in [1.54, 1.807) is 0 Å². The Morgan fingerprint density at radius 3 is 2.61 bits per heavy atom. The van der Waals surface area contributed by atoms with Crippen molar-refractivity contribution in [3.8, 4) is 5.88 Å². The van der Waals surface area contributed by atoms with E-state index < -0.39 is 0 Å². The van der Waals surface area contributed by atoms with E-state index in [0.29, 0.717) is 19.0 Å². The van der Waals surface area contributed by atoms with Crippen LogP contribution in [0.5, 0.6) is 5.88 Å². The van der Waals surface area contributed by atoms with Crippen molar-refractivity contribution in [3.63, 3.8) is 0 Å². The van der Waals surface area contributed by atoms with Crippen LogP contribution in [0.1, 0.15) is 64.4 Å². The average Bonchev–Trinajstić information content (AvgIpc) is 2.70. The third kappa shape index (κ3) is 8.51. The first kappa shape index (κ1) is 24.9. The highest BCUT2D eigenvalue weighted by atomic mass is 127. The van der Waals surface area contributed by atoms with Crippen molar-refractivity contribution in [3.05, 3.63) is 23.9 Å². The number of hydrogen-bond acceptors (Lipinski definition) is 4. The SMILES string of the molecule is CCCOc1ccc(CN=C(NCC)NCC2(CCO)CCCCC2)cn1.I. The Morgan fingerprint density at radius 2 is 2.00 bits per heavy atom. The molecule has 6 nitrogen and oxygen atoms in total. The van der Waals surface area contributed by atoms with E-state index in [0.717, 1.165) is 37.5 Å². The van der Waals surface area contributed by atoms with Crippen molar-refractivity contribution in [1.29, 1.82) is 0 Å². The van der Waals surface area contributed by atoms with Crippen LogP contribution in [0.3, 0.4) is 0 Å². The molecule has 0 atom stereocenters. The fourth-order valence-corrected chi connectivity index (χ4v) is 3.63. The van der Waals surface area contributed by atoms with E-state index in [4.69, 9.17) is 9.73 Å². The molecule has 2 rings (SSSR count). The van der Waals surface area contributed by atoms with Crippen LogP contribution >= 0.6 is 24.0 Å². The average molecular weight is 504 g/mol. The van der Waals surface area contributed by atoms with Crippen LogP contribution in [0.25, 0.3) is 0 Å². The lowest BCUT2D eigenvalue weighted by Gasteiger charge is -2.37. The number of aliphatic hydroxyl groups excluding tert-OH is 1. The predicted molar refractivity (Wildman–Crippen MR) is 125 cm³/mol. The minimum atomic E-state index is 0. The van der Waals surface area contributed by atoms with Gasteiger partial charge in [0.1, 0.15) is 0 Å². The molecule has 7 heteroatoms. The molecular weight excluding hydrogens is 467 g/mol. The Balaban J connectivity index is 0.00000392. The summed E-state index contributed by atoms with van der Waals surface area (Å²) >= 11 is 0. The first-order chi connectivity index (χ1) is 13.2. The number of halogens is 1. The summed E-state index contributed by atoms with van der Waals surface area (Å²) in [5, 5.41) is 16.3. The zero-order chi connectivity index (χ0) is 19.4. The zero-order valence-corrected chi connectivity index (χ0v) is 19.7. The van der Waals surface area contributed by atoms with Gasteiger partial charge in [-0.3, -0.25) is 0 Å². The second-order valence-electron chi connectivity index (χ2n) is 7.44. The number of rotatable bonds is 10. The van der Waals surface area contributed by atoms with E-state index in [2.05, 4.69) is 29.5 Å². The molecule has 1 aromatic rings. The third-order valence-corrected chi connectivity index (χ3v) is 5.20. The van der Waals surface area contributed by atoms with Crippen LogP contribution in [0.4, 0.5) is 0 Å². The van der Waals surface area contributed by atoms with Gasteiger partial charge in [-0.2, -0.15) is 0 Å². The summed E-state index contributed by atoms with van der Waals surface area (Å²) in [4.78, 5) is 9.04. The van der Waals surface area contributed by atoms with Crippen molar-refractivity contribution in [1.82, 2.24) is 15.6 Å². The summed E-state index contributed by atoms with van der Waals surface area (Å²) in [5.41, 5.74) is 1.25. The summed E-state index contributed by atoms with van der Waals surface area (Å²) in [7, 11) is 0. The van der Waals surface area contributed by atoms with Crippen molar-refractivity contribution in [2.45, 2.75) is 65.3 Å². The van der Waals surface area contributed by atoms with Crippen LogP contribution in [-0.2, 0) is 6.54 Å². The number of aliphatic imine (C=N–C) groups is 1. The fourth-order valence-electron chi connectivity index (χ4n) is 3.63. The molecule has 0 amide bonds. The Kier molecular flexibility index (Phi) is 12.5. The molecule has 1 aliphatic carbocycles. The highest BCUT2D eigenvalue weighted by Gasteiger charge is 2.31. The van der Waals surface area contributed by atoms with Gasteiger partial charge >= 0.3 is 0 Å². The molecule has 160 valence electrons. The van der Waals surface area contributed by atoms with Crippen molar-refractivity contribution < 1.29 is 9.84 Å². The van der Waals surface area contributed by atoms with Gasteiger partial charge in [0.2, 0.25) is 5.88 Å². The van der Waals surface area contributed by atoms with Crippen molar-refractivity contribution >= 4 is 29.9 Å². The third-order valence-electron chi connectivity index (χ3n) is 5.20. The van der Waals surface area contributed by atoms with E-state index in [-0.39, 0.29) is 36.0 Å². The Hall–Kier alpha value is -1.09. The Labute approximate surface area is 187 Å². The van der Waals surface area contributed by atoms with Crippen molar-refractivity contribution in [2.24, 2.45) is 10.4 Å². The maximum absolute atomic E-state index is 9.49. The van der Waals surface area contributed by atoms with E-state index in [1.807, 2.05) is 18.3 Å². The molecule has 0 bridgehead atoms. The Bertz CT molecular complexity index is 555. The molecule has 1 aliphatic rings. The lowest BCUT2D eigenvalue weighted by Crippen LogP contribution is -2.44. The molecule has 0 spiro atoms. The van der Waals surface area contributed by atoms with E-state index >= 15 is 0 Å². The molecule has 1 fully saturated rings. The Morgan fingerprint density at radius 1 is 1.21 bits per heavy atom. The molecule has 1 heterocycles. The summed E-state index contributed by atoms with van der Waals surface area (Å²) in [6.07, 6.45) is 9.86. The predicted octanol–water partition coefficient (Wildman–Crippen LogP) is 3.88. The highest BCUT2D eigenvalue weighted by molar-refractivity contribution is 14.0. The van der Waals surface area contributed by atoms with Gasteiger partial charge in [0.25, 0.3) is 0 Å². The van der Waals surface area contributed by atoms with Gasteiger partial charge in [0, 0.05) is 32.0 Å². The van der Waals surface area contributed by atoms with Crippen LogP contribution in [0, 0.1) is 5.41 Å². The van der Waals surface area contributed by atoms with Crippen LogP contribution in [-0.4, -0.2) is 42.4 Å². The maximum Gasteiger partial charge on any atom is 0.213 e. The molecule has 28 heavy (non-hydrogen) atoms. The normalized spacial score (nSPS) is 16.2. The number of aliphatic hydroxyl groups is 1. The molecule has 1 saturated carbocycles.